The van der Waals surface area contributed by atoms with Gasteiger partial charge < -0.3 is 45.6 Å². The molecular weight excluding hydrogens is 757 g/mol. The number of nitrogens with one attached hydrogen (secondary N) is 2. The van der Waals surface area contributed by atoms with Gasteiger partial charge in [0.05, 0.1) is 42.7 Å². The second-order valence-electron chi connectivity index (χ2n) is 17.3. The Balaban J connectivity index is 2.31. The third-order valence-corrected chi connectivity index (χ3v) is 12.1. The highest BCUT2D eigenvalue weighted by atomic mass is 16.5. The molecule has 0 saturated carbocycles. The Morgan fingerprint density at radius 3 is 1.95 bits per heavy atom. The van der Waals surface area contributed by atoms with E-state index in [1.54, 1.807) is 43.0 Å². The summed E-state index contributed by atoms with van der Waals surface area (Å²) in [5, 5.41) is 15.5. The number of amides is 5. The number of methoxy groups -OCH3 is 2. The van der Waals surface area contributed by atoms with Gasteiger partial charge in [0.2, 0.25) is 29.5 Å². The molecule has 1 saturated heterocycles. The number of likely N-dealkylation sites (N-methyl/N-ethyl adjacent to an activating group) is 2. The van der Waals surface area contributed by atoms with Gasteiger partial charge in [0.1, 0.15) is 18.1 Å². The van der Waals surface area contributed by atoms with Gasteiger partial charge in [0.15, 0.2) is 0 Å². The van der Waals surface area contributed by atoms with Crippen LogP contribution >= 0.6 is 0 Å². The van der Waals surface area contributed by atoms with Gasteiger partial charge >= 0.3 is 5.97 Å². The van der Waals surface area contributed by atoms with Gasteiger partial charge in [-0.3, -0.25) is 24.0 Å². The van der Waals surface area contributed by atoms with Gasteiger partial charge in [-0.15, -0.1) is 0 Å². The molecule has 0 spiro atoms. The minimum absolute atomic E-state index is 0.0635. The summed E-state index contributed by atoms with van der Waals surface area (Å²) in [7, 11) is 6.21. The first kappa shape index (κ1) is 51.1. The zero-order chi connectivity index (χ0) is 44.9. The predicted octanol–water partition coefficient (Wildman–Crippen LogP) is 3.33. The fraction of sp³-hybridized carbons (Fsp3) is 0.727. The number of hydrogen-bond donors (Lipinski definition) is 4. The van der Waals surface area contributed by atoms with Crippen molar-refractivity contribution in [3.63, 3.8) is 0 Å². The summed E-state index contributed by atoms with van der Waals surface area (Å²) < 4.78 is 11.9. The van der Waals surface area contributed by atoms with Gasteiger partial charge in [0.25, 0.3) is 0 Å². The van der Waals surface area contributed by atoms with Crippen molar-refractivity contribution in [3.05, 3.63) is 35.9 Å². The summed E-state index contributed by atoms with van der Waals surface area (Å²) in [5.41, 5.74) is 6.94. The molecule has 0 radical (unpaired) electrons. The summed E-state index contributed by atoms with van der Waals surface area (Å²) in [5.74, 6) is -4.66. The largest absolute Gasteiger partial charge is 0.480 e. The minimum atomic E-state index is -1.15. The number of carboxylic acid groups (broad SMARTS) is 1. The van der Waals surface area contributed by atoms with Gasteiger partial charge in [-0.1, -0.05) is 99.1 Å². The highest BCUT2D eigenvalue weighted by molar-refractivity contribution is 5.93. The number of nitrogens with zero attached hydrogens (tertiary/aromatic N) is 3. The van der Waals surface area contributed by atoms with Crippen LogP contribution in [-0.4, -0.2) is 139 Å². The van der Waals surface area contributed by atoms with E-state index in [1.807, 2.05) is 73.6 Å². The Hall–Kier alpha value is -4.08. The van der Waals surface area contributed by atoms with E-state index in [-0.39, 0.29) is 54.2 Å². The van der Waals surface area contributed by atoms with Crippen molar-refractivity contribution in [2.75, 3.05) is 34.9 Å². The molecule has 1 aromatic rings. The van der Waals surface area contributed by atoms with Crippen LogP contribution in [0, 0.1) is 29.6 Å². The zero-order valence-corrected chi connectivity index (χ0v) is 37.8. The molecule has 5 N–H and O–H groups in total. The van der Waals surface area contributed by atoms with Crippen LogP contribution < -0.4 is 16.4 Å². The van der Waals surface area contributed by atoms with E-state index in [9.17, 15) is 33.9 Å². The number of nitrogens with two attached hydrogens (primary N) is 1. The van der Waals surface area contributed by atoms with Gasteiger partial charge in [-0.05, 0) is 42.1 Å². The highest BCUT2D eigenvalue weighted by Gasteiger charge is 2.44. The van der Waals surface area contributed by atoms with Crippen molar-refractivity contribution in [2.24, 2.45) is 35.3 Å². The Kier molecular flexibility index (Phi) is 20.5. The maximum atomic E-state index is 14.4. The first-order valence-electron chi connectivity index (χ1n) is 21.2. The van der Waals surface area contributed by atoms with Crippen LogP contribution in [0.25, 0.3) is 0 Å². The van der Waals surface area contributed by atoms with E-state index in [4.69, 9.17) is 15.2 Å². The molecule has 10 atom stereocenters. The molecule has 1 fully saturated rings. The number of rotatable bonds is 23. The maximum absolute atomic E-state index is 14.4. The molecule has 5 amide bonds. The molecule has 334 valence electrons. The second-order valence-corrected chi connectivity index (χ2v) is 17.3. The number of ether oxygens (including phenoxy) is 2. The summed E-state index contributed by atoms with van der Waals surface area (Å²) in [4.78, 5) is 86.1. The number of carbonyl (C=O) groups is 6. The molecule has 15 heteroatoms. The molecule has 59 heavy (non-hydrogen) atoms. The third kappa shape index (κ3) is 13.5. The van der Waals surface area contributed by atoms with E-state index in [0.29, 0.717) is 25.8 Å². The lowest BCUT2D eigenvalue weighted by atomic mass is 9.89. The number of aliphatic carboxylic acids is 1. The van der Waals surface area contributed by atoms with Crippen molar-refractivity contribution in [1.29, 1.82) is 0 Å². The molecule has 1 aromatic carbocycles. The number of carboxylic acids is 1. The summed E-state index contributed by atoms with van der Waals surface area (Å²) in [6.07, 6.45) is 0.531. The van der Waals surface area contributed by atoms with E-state index >= 15 is 0 Å². The summed E-state index contributed by atoms with van der Waals surface area (Å²) >= 11 is 0. The molecule has 0 aromatic heterocycles. The Morgan fingerprint density at radius 2 is 1.46 bits per heavy atom. The Bertz CT molecular complexity index is 1540. The van der Waals surface area contributed by atoms with E-state index in [0.717, 1.165) is 5.56 Å². The molecule has 0 unspecified atom stereocenters. The van der Waals surface area contributed by atoms with Crippen LogP contribution in [0.1, 0.15) is 93.6 Å². The van der Waals surface area contributed by atoms with Crippen molar-refractivity contribution >= 4 is 35.5 Å². The van der Waals surface area contributed by atoms with Crippen molar-refractivity contribution in [2.45, 2.75) is 143 Å². The normalized spacial score (nSPS) is 18.9. The summed E-state index contributed by atoms with van der Waals surface area (Å²) in [6.45, 7) is 17.1. The second kappa shape index (κ2) is 23.6. The number of benzene rings is 1. The molecule has 1 aliphatic heterocycles. The molecule has 2 rings (SSSR count). The van der Waals surface area contributed by atoms with Crippen molar-refractivity contribution in [1.82, 2.24) is 25.3 Å². The maximum Gasteiger partial charge on any atom is 0.326 e. The first-order valence-corrected chi connectivity index (χ1v) is 21.2. The van der Waals surface area contributed by atoms with Gasteiger partial charge in [-0.25, -0.2) is 4.79 Å². The third-order valence-electron chi connectivity index (χ3n) is 12.1. The molecule has 0 aliphatic carbocycles. The standard InChI is InChI=1S/C44H74N6O9/c1-14-28(8)38(49(11)43(55)36(26(4)5)47-41(53)37(27(6)7)48(10)42(54)35(45)25(2)3)33(58-12)24-34(51)50-22-18-21-32(50)39(59-13)29(9)40(52)46-31(44(56)57)23-30-19-16-15-17-20-30/h15-17,19-20,25-29,31-33,35-39H,14,18,21-24,45H2,1-13H3,(H,46,52)(H,47,53)(H,56,57)/t28-,29+,31-,32-,33+,35-,36-,37-,38-,39+/m0/s1. The number of likely N-dealkylation sites (tertiary alicyclic amines) is 1. The average molecular weight is 831 g/mol. The Labute approximate surface area is 352 Å². The van der Waals surface area contributed by atoms with Crippen LogP contribution in [0.4, 0.5) is 0 Å². The lowest BCUT2D eigenvalue weighted by Gasteiger charge is -2.41. The van der Waals surface area contributed by atoms with Crippen molar-refractivity contribution in [3.8, 4) is 0 Å². The van der Waals surface area contributed by atoms with E-state index < -0.39 is 72.2 Å². The Morgan fingerprint density at radius 1 is 0.847 bits per heavy atom. The van der Waals surface area contributed by atoms with Gasteiger partial charge in [-0.2, -0.15) is 0 Å². The van der Waals surface area contributed by atoms with E-state index in [2.05, 4.69) is 10.6 Å². The zero-order valence-electron chi connectivity index (χ0n) is 37.8. The van der Waals surface area contributed by atoms with Gasteiger partial charge in [0, 0.05) is 41.3 Å². The molecule has 0 bridgehead atoms. The quantitative estimate of drug-likeness (QED) is 0.127. The minimum Gasteiger partial charge on any atom is -0.480 e. The lowest BCUT2D eigenvalue weighted by molar-refractivity contribution is -0.149. The number of carbonyl (C=O) groups excluding carboxylic acids is 5. The topological polar surface area (TPSA) is 201 Å². The van der Waals surface area contributed by atoms with Crippen LogP contribution in [0.15, 0.2) is 30.3 Å². The average Bonchev–Trinajstić information content (AvgIpc) is 3.68. The van der Waals surface area contributed by atoms with Crippen LogP contribution in [0.3, 0.4) is 0 Å². The SMILES string of the molecule is CC[C@H](C)[C@@H]([C@@H](CC(=O)N1CCC[C@H]1[C@H](OC)[C@@H](C)C(=O)N[C@@H](Cc1ccccc1)C(=O)O)OC)N(C)C(=O)[C@@H](NC(=O)[C@H](C(C)C)N(C)C(=O)[C@@H](N)C(C)C)C(C)C. The molecule has 1 heterocycles. The lowest BCUT2D eigenvalue weighted by Crippen LogP contribution is -2.61. The van der Waals surface area contributed by atoms with Crippen LogP contribution in [-0.2, 0) is 44.7 Å². The fourth-order valence-corrected chi connectivity index (χ4v) is 8.21. The number of hydrogen-bond acceptors (Lipinski definition) is 9. The fourth-order valence-electron chi connectivity index (χ4n) is 8.21. The molecule has 1 aliphatic rings. The first-order chi connectivity index (χ1) is 27.6. The smallest absolute Gasteiger partial charge is 0.326 e. The summed E-state index contributed by atoms with van der Waals surface area (Å²) in [6, 6.07) is 4.29. The monoisotopic (exact) mass is 831 g/mol. The van der Waals surface area contributed by atoms with E-state index in [1.165, 1.54) is 19.1 Å². The highest BCUT2D eigenvalue weighted by Crippen LogP contribution is 2.30. The predicted molar refractivity (Wildman–Crippen MR) is 227 cm³/mol. The molecular formula is C44H74N6O9. The van der Waals surface area contributed by atoms with Crippen LogP contribution in [0.5, 0.6) is 0 Å². The van der Waals surface area contributed by atoms with Crippen molar-refractivity contribution < 1.29 is 43.3 Å². The molecule has 15 nitrogen and oxygen atoms in total. The van der Waals surface area contributed by atoms with Crippen LogP contribution in [0.2, 0.25) is 0 Å².